The maximum Gasteiger partial charge on any atom is 0.263 e. The second-order valence-corrected chi connectivity index (χ2v) is 7.91. The summed E-state index contributed by atoms with van der Waals surface area (Å²) in [5.74, 6) is -0.255. The quantitative estimate of drug-likeness (QED) is 0.665. The average molecular weight is 385 g/mol. The number of rotatable bonds is 6. The van der Waals surface area contributed by atoms with Crippen LogP contribution in [-0.4, -0.2) is 13.4 Å². The van der Waals surface area contributed by atoms with Crippen molar-refractivity contribution < 1.29 is 12.8 Å². The zero-order valence-corrected chi connectivity index (χ0v) is 15.8. The number of sulfonamides is 1. The summed E-state index contributed by atoms with van der Waals surface area (Å²) in [5, 5.41) is 3.26. The van der Waals surface area contributed by atoms with E-state index in [4.69, 9.17) is 0 Å². The Kier molecular flexibility index (Phi) is 5.41. The summed E-state index contributed by atoms with van der Waals surface area (Å²) in [5.41, 5.74) is 3.41. The molecule has 0 aliphatic rings. The molecule has 0 radical (unpaired) electrons. The van der Waals surface area contributed by atoms with Crippen molar-refractivity contribution in [1.29, 1.82) is 0 Å². The van der Waals surface area contributed by atoms with E-state index in [1.54, 1.807) is 18.3 Å². The van der Waals surface area contributed by atoms with Crippen LogP contribution in [0.15, 0.2) is 65.7 Å². The summed E-state index contributed by atoms with van der Waals surface area (Å²) in [7, 11) is -3.83. The van der Waals surface area contributed by atoms with E-state index in [-0.39, 0.29) is 16.3 Å². The molecule has 0 atom stereocenters. The Hall–Kier alpha value is -2.93. The maximum atomic E-state index is 13.3. The maximum absolute atomic E-state index is 13.3. The Bertz CT molecular complexity index is 1050. The molecule has 0 bridgehead atoms. The van der Waals surface area contributed by atoms with Crippen LogP contribution >= 0.6 is 0 Å². The van der Waals surface area contributed by atoms with E-state index in [1.165, 1.54) is 30.2 Å². The highest BCUT2D eigenvalue weighted by Gasteiger charge is 2.16. The van der Waals surface area contributed by atoms with Gasteiger partial charge in [-0.25, -0.2) is 17.8 Å². The van der Waals surface area contributed by atoms with Gasteiger partial charge in [0.1, 0.15) is 11.6 Å². The van der Waals surface area contributed by atoms with Gasteiger partial charge in [-0.1, -0.05) is 24.3 Å². The number of halogens is 1. The first-order valence-electron chi connectivity index (χ1n) is 8.38. The third-order valence-electron chi connectivity index (χ3n) is 4.19. The molecule has 3 rings (SSSR count). The Balaban J connectivity index is 1.68. The molecule has 0 amide bonds. The van der Waals surface area contributed by atoms with Crippen molar-refractivity contribution in [2.24, 2.45) is 0 Å². The summed E-state index contributed by atoms with van der Waals surface area (Å²) in [6.45, 7) is 4.21. The first-order valence-corrected chi connectivity index (χ1v) is 9.87. The minimum Gasteiger partial charge on any atom is -0.380 e. The van der Waals surface area contributed by atoms with Crippen molar-refractivity contribution in [3.63, 3.8) is 0 Å². The molecule has 3 aromatic rings. The van der Waals surface area contributed by atoms with Crippen molar-refractivity contribution in [1.82, 2.24) is 4.98 Å². The van der Waals surface area contributed by atoms with E-state index in [0.717, 1.165) is 11.8 Å². The number of nitrogens with one attached hydrogen (secondary N) is 2. The molecule has 2 N–H and O–H groups in total. The van der Waals surface area contributed by atoms with Crippen molar-refractivity contribution in [2.75, 3.05) is 10.0 Å². The standard InChI is InChI=1S/C20H20FN3O2S/c1-14-5-3-4-6-16(14)12-22-17-7-10-20(23-13-17)24-27(25,26)18-8-9-19(21)15(2)11-18/h3-11,13,22H,12H2,1-2H3,(H,23,24). The lowest BCUT2D eigenvalue weighted by molar-refractivity contribution is 0.598. The van der Waals surface area contributed by atoms with Gasteiger partial charge in [0.2, 0.25) is 0 Å². The van der Waals surface area contributed by atoms with Crippen LogP contribution in [0.25, 0.3) is 0 Å². The summed E-state index contributed by atoms with van der Waals surface area (Å²) < 4.78 is 40.6. The molecule has 0 unspecified atom stereocenters. The largest absolute Gasteiger partial charge is 0.380 e. The van der Waals surface area contributed by atoms with Crippen LogP contribution < -0.4 is 10.0 Å². The lowest BCUT2D eigenvalue weighted by Gasteiger charge is -2.11. The van der Waals surface area contributed by atoms with Crippen molar-refractivity contribution in [3.8, 4) is 0 Å². The summed E-state index contributed by atoms with van der Waals surface area (Å²) in [6, 6.07) is 15.0. The zero-order chi connectivity index (χ0) is 19.4. The molecule has 140 valence electrons. The smallest absolute Gasteiger partial charge is 0.263 e. The van der Waals surface area contributed by atoms with Gasteiger partial charge in [-0.15, -0.1) is 0 Å². The van der Waals surface area contributed by atoms with Crippen LogP contribution in [0.2, 0.25) is 0 Å². The predicted molar refractivity (Wildman–Crippen MR) is 105 cm³/mol. The Morgan fingerprint density at radius 3 is 2.44 bits per heavy atom. The molecule has 0 saturated heterocycles. The minimum absolute atomic E-state index is 0.00930. The summed E-state index contributed by atoms with van der Waals surface area (Å²) >= 11 is 0. The third-order valence-corrected chi connectivity index (χ3v) is 5.54. The molecule has 0 saturated carbocycles. The Morgan fingerprint density at radius 2 is 1.78 bits per heavy atom. The number of nitrogens with zero attached hydrogens (tertiary/aromatic N) is 1. The Morgan fingerprint density at radius 1 is 1.00 bits per heavy atom. The van der Waals surface area contributed by atoms with Gasteiger partial charge in [0, 0.05) is 6.54 Å². The van der Waals surface area contributed by atoms with Gasteiger partial charge in [-0.2, -0.15) is 0 Å². The lowest BCUT2D eigenvalue weighted by Crippen LogP contribution is -2.14. The van der Waals surface area contributed by atoms with Gasteiger partial charge in [-0.3, -0.25) is 4.72 Å². The number of hydrogen-bond donors (Lipinski definition) is 2. The van der Waals surface area contributed by atoms with Gasteiger partial charge in [0.15, 0.2) is 0 Å². The number of pyridine rings is 1. The fraction of sp³-hybridized carbons (Fsp3) is 0.150. The third kappa shape index (κ3) is 4.62. The molecule has 5 nitrogen and oxygen atoms in total. The number of anilines is 2. The Labute approximate surface area is 158 Å². The first kappa shape index (κ1) is 18.8. The van der Waals surface area contributed by atoms with E-state index in [1.807, 2.05) is 31.2 Å². The second kappa shape index (κ2) is 7.75. The highest BCUT2D eigenvalue weighted by Crippen LogP contribution is 2.19. The normalized spacial score (nSPS) is 11.2. The molecule has 1 heterocycles. The molecule has 2 aromatic carbocycles. The predicted octanol–water partition coefficient (Wildman–Crippen LogP) is 4.25. The zero-order valence-electron chi connectivity index (χ0n) is 15.0. The monoisotopic (exact) mass is 385 g/mol. The molecular weight excluding hydrogens is 365 g/mol. The van der Waals surface area contributed by atoms with Crippen LogP contribution in [0.5, 0.6) is 0 Å². The van der Waals surface area contributed by atoms with Crippen molar-refractivity contribution in [2.45, 2.75) is 25.3 Å². The molecule has 27 heavy (non-hydrogen) atoms. The molecule has 0 fully saturated rings. The lowest BCUT2D eigenvalue weighted by atomic mass is 10.1. The van der Waals surface area contributed by atoms with Crippen LogP contribution in [0.3, 0.4) is 0 Å². The molecular formula is C20H20FN3O2S. The molecule has 0 aliphatic carbocycles. The van der Waals surface area contributed by atoms with E-state index in [9.17, 15) is 12.8 Å². The van der Waals surface area contributed by atoms with Gasteiger partial charge >= 0.3 is 0 Å². The molecule has 1 aromatic heterocycles. The SMILES string of the molecule is Cc1cc(S(=O)(=O)Nc2ccc(NCc3ccccc3C)cn2)ccc1F. The van der Waals surface area contributed by atoms with Crippen molar-refractivity contribution in [3.05, 3.63) is 83.3 Å². The van der Waals surface area contributed by atoms with E-state index >= 15 is 0 Å². The van der Waals surface area contributed by atoms with Gasteiger partial charge < -0.3 is 5.32 Å². The fourth-order valence-electron chi connectivity index (χ4n) is 2.55. The van der Waals surface area contributed by atoms with Gasteiger partial charge in [0.05, 0.1) is 16.8 Å². The summed E-state index contributed by atoms with van der Waals surface area (Å²) in [4.78, 5) is 4.13. The number of aromatic nitrogens is 1. The van der Waals surface area contributed by atoms with E-state index in [2.05, 4.69) is 15.0 Å². The van der Waals surface area contributed by atoms with E-state index in [0.29, 0.717) is 6.54 Å². The van der Waals surface area contributed by atoms with Crippen LogP contribution in [0.4, 0.5) is 15.9 Å². The minimum atomic E-state index is -3.83. The highest BCUT2D eigenvalue weighted by atomic mass is 32.2. The molecule has 0 spiro atoms. The molecule has 7 heteroatoms. The molecule has 0 aliphatic heterocycles. The number of hydrogen-bond acceptors (Lipinski definition) is 4. The van der Waals surface area contributed by atoms with Gasteiger partial charge in [0.25, 0.3) is 10.0 Å². The second-order valence-electron chi connectivity index (χ2n) is 6.23. The number of benzene rings is 2. The first-order chi connectivity index (χ1) is 12.8. The van der Waals surface area contributed by atoms with Crippen LogP contribution in [0, 0.1) is 19.7 Å². The van der Waals surface area contributed by atoms with E-state index < -0.39 is 15.8 Å². The summed E-state index contributed by atoms with van der Waals surface area (Å²) in [6.07, 6.45) is 1.56. The fourth-order valence-corrected chi connectivity index (χ4v) is 3.64. The number of aryl methyl sites for hydroxylation is 2. The van der Waals surface area contributed by atoms with Crippen LogP contribution in [0.1, 0.15) is 16.7 Å². The average Bonchev–Trinajstić information content (AvgIpc) is 2.64. The van der Waals surface area contributed by atoms with Crippen LogP contribution in [-0.2, 0) is 16.6 Å². The highest BCUT2D eigenvalue weighted by molar-refractivity contribution is 7.92. The van der Waals surface area contributed by atoms with Gasteiger partial charge in [-0.05, 0) is 60.9 Å². The van der Waals surface area contributed by atoms with Crippen molar-refractivity contribution >= 4 is 21.5 Å². The topological polar surface area (TPSA) is 71.1 Å².